The second-order valence-corrected chi connectivity index (χ2v) is 6.21. The van der Waals surface area contributed by atoms with Crippen molar-refractivity contribution in [3.05, 3.63) is 59.7 Å². The highest BCUT2D eigenvalue weighted by Crippen LogP contribution is 2.26. The molecule has 2 atom stereocenters. The Bertz CT molecular complexity index is 570. The molecule has 2 aromatic rings. The highest BCUT2D eigenvalue weighted by Gasteiger charge is 2.23. The second-order valence-electron chi connectivity index (χ2n) is 6.21. The zero-order valence-corrected chi connectivity index (χ0v) is 12.9. The van der Waals surface area contributed by atoms with E-state index in [0.29, 0.717) is 12.2 Å². The molecule has 0 bridgehead atoms. The first kappa shape index (κ1) is 13.8. The topological polar surface area (TPSA) is 28.3 Å². The van der Waals surface area contributed by atoms with Crippen LogP contribution >= 0.6 is 0 Å². The van der Waals surface area contributed by atoms with Crippen LogP contribution in [0.25, 0.3) is 0 Å². The molecule has 2 aliphatic heterocycles. The predicted octanol–water partition coefficient (Wildman–Crippen LogP) is 3.34. The third-order valence-electron chi connectivity index (χ3n) is 4.38. The number of rotatable bonds is 6. The average Bonchev–Trinajstić information content (AvgIpc) is 3.45. The van der Waals surface area contributed by atoms with Gasteiger partial charge >= 0.3 is 0 Å². The summed E-state index contributed by atoms with van der Waals surface area (Å²) < 4.78 is 10.6. The minimum absolute atomic E-state index is 0.451. The molecule has 0 spiro atoms. The first-order chi connectivity index (χ1) is 10.8. The van der Waals surface area contributed by atoms with Crippen LogP contribution in [0, 0.1) is 0 Å². The fourth-order valence-electron chi connectivity index (χ4n) is 2.76. The first-order valence-electron chi connectivity index (χ1n) is 7.93. The number of nitrogens with zero attached hydrogens (tertiary/aromatic N) is 1. The summed E-state index contributed by atoms with van der Waals surface area (Å²) in [6.45, 7) is 1.83. The molecule has 114 valence electrons. The summed E-state index contributed by atoms with van der Waals surface area (Å²) >= 11 is 0. The van der Waals surface area contributed by atoms with Gasteiger partial charge in [0.25, 0.3) is 0 Å². The van der Waals surface area contributed by atoms with Crippen molar-refractivity contribution in [1.82, 2.24) is 0 Å². The van der Waals surface area contributed by atoms with E-state index in [1.807, 2.05) is 0 Å². The van der Waals surface area contributed by atoms with E-state index >= 15 is 0 Å². The number of ether oxygens (including phenoxy) is 2. The van der Waals surface area contributed by atoms with E-state index in [-0.39, 0.29) is 0 Å². The molecule has 2 aliphatic rings. The summed E-state index contributed by atoms with van der Waals surface area (Å²) in [7, 11) is 2.11. The zero-order chi connectivity index (χ0) is 14.9. The Morgan fingerprint density at radius 3 is 1.45 bits per heavy atom. The molecule has 2 unspecified atom stereocenters. The molecule has 3 heteroatoms. The van der Waals surface area contributed by atoms with Crippen molar-refractivity contribution >= 4 is 11.4 Å². The van der Waals surface area contributed by atoms with E-state index in [1.54, 1.807) is 0 Å². The number of hydrogen-bond donors (Lipinski definition) is 0. The van der Waals surface area contributed by atoms with E-state index in [0.717, 1.165) is 26.1 Å². The molecular formula is C19H21NO2. The molecule has 0 saturated carbocycles. The summed E-state index contributed by atoms with van der Waals surface area (Å²) in [6.07, 6.45) is 2.96. The quantitative estimate of drug-likeness (QED) is 0.765. The molecule has 0 amide bonds. The third kappa shape index (κ3) is 3.32. The smallest absolute Gasteiger partial charge is 0.0850 e. The Kier molecular flexibility index (Phi) is 3.60. The zero-order valence-electron chi connectivity index (χ0n) is 12.9. The van der Waals surface area contributed by atoms with Crippen molar-refractivity contribution in [2.45, 2.75) is 25.0 Å². The maximum absolute atomic E-state index is 5.28. The lowest BCUT2D eigenvalue weighted by Gasteiger charge is -2.20. The van der Waals surface area contributed by atoms with Gasteiger partial charge in [0.2, 0.25) is 0 Å². The fraction of sp³-hybridized carbons (Fsp3) is 0.368. The summed E-state index contributed by atoms with van der Waals surface area (Å²) in [5, 5.41) is 0. The van der Waals surface area contributed by atoms with Gasteiger partial charge in [-0.25, -0.2) is 0 Å². The summed E-state index contributed by atoms with van der Waals surface area (Å²) in [6, 6.07) is 17.5. The Labute approximate surface area is 131 Å². The van der Waals surface area contributed by atoms with E-state index < -0.39 is 0 Å². The summed E-state index contributed by atoms with van der Waals surface area (Å²) in [5.74, 6) is 0. The number of epoxide rings is 2. The molecule has 2 saturated heterocycles. The van der Waals surface area contributed by atoms with E-state index in [2.05, 4.69) is 60.5 Å². The molecule has 2 heterocycles. The van der Waals surface area contributed by atoms with Crippen molar-refractivity contribution in [1.29, 1.82) is 0 Å². The van der Waals surface area contributed by atoms with Crippen LogP contribution < -0.4 is 4.90 Å². The Morgan fingerprint density at radius 1 is 0.773 bits per heavy atom. The SMILES string of the molecule is CN(c1ccc(CC2CO2)cc1)c1ccc(CC2CO2)cc1. The van der Waals surface area contributed by atoms with Crippen LogP contribution in [-0.2, 0) is 22.3 Å². The second kappa shape index (κ2) is 5.75. The maximum Gasteiger partial charge on any atom is 0.0850 e. The lowest BCUT2D eigenvalue weighted by atomic mass is 10.1. The van der Waals surface area contributed by atoms with Gasteiger partial charge in [-0.2, -0.15) is 0 Å². The van der Waals surface area contributed by atoms with Crippen LogP contribution in [0.2, 0.25) is 0 Å². The third-order valence-corrected chi connectivity index (χ3v) is 4.38. The van der Waals surface area contributed by atoms with Crippen LogP contribution in [0.15, 0.2) is 48.5 Å². The molecule has 4 rings (SSSR count). The van der Waals surface area contributed by atoms with Crippen molar-refractivity contribution in [2.75, 3.05) is 25.2 Å². The Morgan fingerprint density at radius 2 is 1.14 bits per heavy atom. The molecule has 3 nitrogen and oxygen atoms in total. The highest BCUT2D eigenvalue weighted by molar-refractivity contribution is 5.62. The van der Waals surface area contributed by atoms with E-state index in [4.69, 9.17) is 9.47 Å². The minimum atomic E-state index is 0.451. The van der Waals surface area contributed by atoms with Crippen molar-refractivity contribution in [3.63, 3.8) is 0 Å². The molecular weight excluding hydrogens is 274 g/mol. The van der Waals surface area contributed by atoms with E-state index in [9.17, 15) is 0 Å². The van der Waals surface area contributed by atoms with Gasteiger partial charge in [-0.05, 0) is 35.4 Å². The van der Waals surface area contributed by atoms with Gasteiger partial charge in [0.1, 0.15) is 0 Å². The van der Waals surface area contributed by atoms with Crippen LogP contribution in [0.3, 0.4) is 0 Å². The van der Waals surface area contributed by atoms with Crippen LogP contribution in [0.5, 0.6) is 0 Å². The monoisotopic (exact) mass is 295 g/mol. The lowest BCUT2D eigenvalue weighted by Crippen LogP contribution is -2.09. The van der Waals surface area contributed by atoms with Crippen LogP contribution in [-0.4, -0.2) is 32.5 Å². The average molecular weight is 295 g/mol. The molecule has 22 heavy (non-hydrogen) atoms. The van der Waals surface area contributed by atoms with Crippen molar-refractivity contribution < 1.29 is 9.47 Å². The standard InChI is InChI=1S/C19H21NO2/c1-20(16-6-2-14(3-7-16)10-18-12-21-18)17-8-4-15(5-9-17)11-19-13-22-19/h2-9,18-19H,10-13H2,1H3. The van der Waals surface area contributed by atoms with Gasteiger partial charge in [-0.3, -0.25) is 0 Å². The van der Waals surface area contributed by atoms with Gasteiger partial charge in [0, 0.05) is 31.3 Å². The van der Waals surface area contributed by atoms with Gasteiger partial charge in [0.15, 0.2) is 0 Å². The number of benzene rings is 2. The molecule has 0 aliphatic carbocycles. The van der Waals surface area contributed by atoms with Gasteiger partial charge in [-0.15, -0.1) is 0 Å². The number of hydrogen-bond acceptors (Lipinski definition) is 3. The minimum Gasteiger partial charge on any atom is -0.373 e. The number of anilines is 2. The van der Waals surface area contributed by atoms with Gasteiger partial charge in [0.05, 0.1) is 25.4 Å². The molecule has 0 radical (unpaired) electrons. The largest absolute Gasteiger partial charge is 0.373 e. The maximum atomic E-state index is 5.28. The van der Waals surface area contributed by atoms with Gasteiger partial charge < -0.3 is 14.4 Å². The Balaban J connectivity index is 1.43. The van der Waals surface area contributed by atoms with Crippen molar-refractivity contribution in [2.24, 2.45) is 0 Å². The first-order valence-corrected chi connectivity index (χ1v) is 7.93. The normalized spacial score (nSPS) is 22.4. The molecule has 2 fully saturated rings. The predicted molar refractivity (Wildman–Crippen MR) is 87.8 cm³/mol. The molecule has 2 aromatic carbocycles. The van der Waals surface area contributed by atoms with Gasteiger partial charge in [-0.1, -0.05) is 24.3 Å². The summed E-state index contributed by atoms with van der Waals surface area (Å²) in [5.41, 5.74) is 5.11. The van der Waals surface area contributed by atoms with Crippen molar-refractivity contribution in [3.8, 4) is 0 Å². The molecule has 0 N–H and O–H groups in total. The van der Waals surface area contributed by atoms with Crippen LogP contribution in [0.1, 0.15) is 11.1 Å². The lowest BCUT2D eigenvalue weighted by molar-refractivity contribution is 0.407. The highest BCUT2D eigenvalue weighted by atomic mass is 16.6. The van der Waals surface area contributed by atoms with Crippen LogP contribution in [0.4, 0.5) is 11.4 Å². The fourth-order valence-corrected chi connectivity index (χ4v) is 2.76. The molecule has 0 aromatic heterocycles. The Hall–Kier alpha value is -1.84. The summed E-state index contributed by atoms with van der Waals surface area (Å²) in [4.78, 5) is 2.22. The van der Waals surface area contributed by atoms with E-state index in [1.165, 1.54) is 22.5 Å².